The number of likely N-dealkylation sites (N-methyl/N-ethyl adjacent to an activating group) is 2. The van der Waals surface area contributed by atoms with Gasteiger partial charge < -0.3 is 20.4 Å². The van der Waals surface area contributed by atoms with Gasteiger partial charge in [0.05, 0.1) is 5.60 Å². The number of phenolic OH excluding ortho intramolecular Hbond substituents is 1. The lowest BCUT2D eigenvalue weighted by Crippen LogP contribution is -2.49. The molecule has 0 radical (unpaired) electrons. The fraction of sp³-hybridized carbons (Fsp3) is 0.667. The second-order valence-corrected chi connectivity index (χ2v) is 8.32. The lowest BCUT2D eigenvalue weighted by Gasteiger charge is -2.48. The molecule has 0 aliphatic heterocycles. The topological polar surface area (TPSA) is 86.1 Å². The van der Waals surface area contributed by atoms with E-state index in [1.165, 1.54) is 0 Å². The summed E-state index contributed by atoms with van der Waals surface area (Å²) < 4.78 is 0. The molecule has 0 heterocycles. The molecule has 0 spiro atoms. The first kappa shape index (κ1) is 20.1. The number of rotatable bonds is 7. The number of nitrogens with zero attached hydrogens (tertiary/aromatic N) is 1. The highest BCUT2D eigenvalue weighted by atomic mass is 16.6. The van der Waals surface area contributed by atoms with Gasteiger partial charge in [-0.05, 0) is 69.8 Å². The van der Waals surface area contributed by atoms with Crippen LogP contribution in [0.1, 0.15) is 50.5 Å². The second-order valence-electron chi connectivity index (χ2n) is 8.32. The van der Waals surface area contributed by atoms with Gasteiger partial charge in [-0.2, -0.15) is 0 Å². The van der Waals surface area contributed by atoms with Gasteiger partial charge in [-0.25, -0.2) is 0 Å². The monoisotopic (exact) mass is 375 g/mol. The molecular formula is C21H33N3O3. The van der Waals surface area contributed by atoms with Gasteiger partial charge in [0.1, 0.15) is 5.75 Å². The van der Waals surface area contributed by atoms with Crippen LogP contribution in [0.2, 0.25) is 0 Å². The molecule has 2 aliphatic carbocycles. The molecule has 2 fully saturated rings. The summed E-state index contributed by atoms with van der Waals surface area (Å²) in [6.07, 6.45) is 6.10. The first-order valence-corrected chi connectivity index (χ1v) is 9.94. The minimum absolute atomic E-state index is 0.166. The smallest absolute Gasteiger partial charge is 0.190 e. The lowest BCUT2D eigenvalue weighted by atomic mass is 9.59. The molecule has 6 heteroatoms. The number of hydrogen-bond donors (Lipinski definition) is 4. The molecule has 1 aromatic carbocycles. The average molecular weight is 376 g/mol. The van der Waals surface area contributed by atoms with E-state index < -0.39 is 5.60 Å². The molecule has 1 aromatic rings. The third-order valence-corrected chi connectivity index (χ3v) is 6.83. The molecule has 2 saturated carbocycles. The van der Waals surface area contributed by atoms with Crippen LogP contribution in [-0.4, -0.2) is 48.9 Å². The van der Waals surface area contributed by atoms with Crippen molar-refractivity contribution in [2.45, 2.75) is 56.8 Å². The van der Waals surface area contributed by atoms with Gasteiger partial charge in [0.25, 0.3) is 0 Å². The van der Waals surface area contributed by atoms with E-state index in [0.717, 1.165) is 37.7 Å². The van der Waals surface area contributed by atoms with Crippen LogP contribution < -0.4 is 10.6 Å². The van der Waals surface area contributed by atoms with Crippen molar-refractivity contribution in [1.82, 2.24) is 10.6 Å². The molecular weight excluding hydrogens is 342 g/mol. The van der Waals surface area contributed by atoms with Gasteiger partial charge >= 0.3 is 0 Å². The molecule has 3 rings (SSSR count). The Bertz CT molecular complexity index is 668. The predicted octanol–water partition coefficient (Wildman–Crippen LogP) is 2.57. The Morgan fingerprint density at radius 3 is 2.85 bits per heavy atom. The number of hydrogen-bond acceptors (Lipinski definition) is 6. The number of benzene rings is 1. The maximum Gasteiger partial charge on any atom is 0.190 e. The van der Waals surface area contributed by atoms with Crippen LogP contribution >= 0.6 is 0 Å². The zero-order valence-corrected chi connectivity index (χ0v) is 16.6. The zero-order chi connectivity index (χ0) is 19.5. The van der Waals surface area contributed by atoms with E-state index in [1.54, 1.807) is 6.07 Å². The molecule has 1 unspecified atom stereocenters. The lowest BCUT2D eigenvalue weighted by molar-refractivity contribution is -0.0960. The van der Waals surface area contributed by atoms with Crippen LogP contribution in [0.4, 0.5) is 0 Å². The fourth-order valence-electron chi connectivity index (χ4n) is 4.94. The number of aliphatic hydroxyl groups is 1. The molecule has 0 aromatic heterocycles. The van der Waals surface area contributed by atoms with Crippen LogP contribution in [0.15, 0.2) is 29.4 Å². The molecule has 27 heavy (non-hydrogen) atoms. The molecule has 0 bridgehead atoms. The van der Waals surface area contributed by atoms with Crippen LogP contribution in [0, 0.1) is 11.3 Å². The summed E-state index contributed by atoms with van der Waals surface area (Å²) in [5.74, 6) is 0.785. The van der Waals surface area contributed by atoms with Crippen molar-refractivity contribution in [3.8, 4) is 5.75 Å². The van der Waals surface area contributed by atoms with E-state index >= 15 is 0 Å². The Morgan fingerprint density at radius 2 is 2.15 bits per heavy atom. The van der Waals surface area contributed by atoms with Crippen LogP contribution in [0.3, 0.4) is 0 Å². The summed E-state index contributed by atoms with van der Waals surface area (Å²) in [5.41, 5.74) is 0.228. The minimum Gasteiger partial charge on any atom is -0.508 e. The molecule has 2 aliphatic rings. The Labute approximate surface area is 162 Å². The molecule has 0 saturated heterocycles. The Kier molecular flexibility index (Phi) is 6.08. The van der Waals surface area contributed by atoms with Crippen molar-refractivity contribution in [1.29, 1.82) is 0 Å². The standard InChI is InChI=1S/C21H33N3O3/c1-20-9-7-16(15-5-4-6-18(25)11-15)12-21(20,26)10-8-17(20)13-24-27-19(23-3)14-22-2/h4-6,11,13,16-17,19,22-23,25-26H,7-10,12,14H2,1-3H3/t16-,17+,19?,20+,21-/m0/s1. The van der Waals surface area contributed by atoms with Crippen LogP contribution in [0.25, 0.3) is 0 Å². The van der Waals surface area contributed by atoms with Gasteiger partial charge in [-0.15, -0.1) is 0 Å². The first-order valence-electron chi connectivity index (χ1n) is 9.94. The van der Waals surface area contributed by atoms with Gasteiger partial charge in [-0.3, -0.25) is 5.32 Å². The molecule has 0 amide bonds. The number of nitrogens with one attached hydrogen (secondary N) is 2. The minimum atomic E-state index is -0.703. The summed E-state index contributed by atoms with van der Waals surface area (Å²) in [6.45, 7) is 2.86. The summed E-state index contributed by atoms with van der Waals surface area (Å²) in [6, 6.07) is 7.46. The van der Waals surface area contributed by atoms with E-state index in [-0.39, 0.29) is 23.5 Å². The van der Waals surface area contributed by atoms with E-state index in [2.05, 4.69) is 28.8 Å². The number of oxime groups is 1. The highest BCUT2D eigenvalue weighted by Crippen LogP contribution is 2.60. The Hall–Kier alpha value is -1.63. The number of aromatic hydroxyl groups is 1. The normalized spacial score (nSPS) is 34.5. The quantitative estimate of drug-likeness (QED) is 0.334. The van der Waals surface area contributed by atoms with Gasteiger partial charge in [0.2, 0.25) is 0 Å². The van der Waals surface area contributed by atoms with E-state index in [4.69, 9.17) is 4.84 Å². The molecule has 6 nitrogen and oxygen atoms in total. The van der Waals surface area contributed by atoms with Crippen molar-refractivity contribution in [3.05, 3.63) is 29.8 Å². The largest absolute Gasteiger partial charge is 0.508 e. The summed E-state index contributed by atoms with van der Waals surface area (Å²) in [5, 5.41) is 31.6. The van der Waals surface area contributed by atoms with E-state index in [9.17, 15) is 10.2 Å². The highest BCUT2D eigenvalue weighted by molar-refractivity contribution is 5.62. The Balaban J connectivity index is 1.68. The third-order valence-electron chi connectivity index (χ3n) is 6.83. The van der Waals surface area contributed by atoms with Crippen molar-refractivity contribution >= 4 is 6.21 Å². The SMILES string of the molecule is CNCC(NC)ON=C[C@H]1CC[C@]2(O)C[C@@H](c3cccc(O)c3)CC[C@]12C. The molecule has 4 N–H and O–H groups in total. The molecule has 150 valence electrons. The highest BCUT2D eigenvalue weighted by Gasteiger charge is 2.58. The third kappa shape index (κ3) is 3.98. The molecule has 5 atom stereocenters. The summed E-state index contributed by atoms with van der Waals surface area (Å²) >= 11 is 0. The van der Waals surface area contributed by atoms with Gasteiger partial charge in [0, 0.05) is 24.1 Å². The zero-order valence-electron chi connectivity index (χ0n) is 16.6. The van der Waals surface area contributed by atoms with E-state index in [1.807, 2.05) is 32.4 Å². The summed E-state index contributed by atoms with van der Waals surface area (Å²) in [7, 11) is 3.72. The predicted molar refractivity (Wildman–Crippen MR) is 107 cm³/mol. The van der Waals surface area contributed by atoms with Gasteiger partial charge in [-0.1, -0.05) is 24.2 Å². The van der Waals surface area contributed by atoms with Crippen LogP contribution in [0.5, 0.6) is 5.75 Å². The van der Waals surface area contributed by atoms with Crippen molar-refractivity contribution in [2.75, 3.05) is 20.6 Å². The summed E-state index contributed by atoms with van der Waals surface area (Å²) in [4.78, 5) is 5.54. The number of phenols is 1. The van der Waals surface area contributed by atoms with E-state index in [0.29, 0.717) is 12.3 Å². The fourth-order valence-corrected chi connectivity index (χ4v) is 4.94. The maximum absolute atomic E-state index is 11.5. The van der Waals surface area contributed by atoms with Crippen molar-refractivity contribution < 1.29 is 15.1 Å². The Morgan fingerprint density at radius 1 is 1.33 bits per heavy atom. The van der Waals surface area contributed by atoms with Crippen LogP contribution in [-0.2, 0) is 4.84 Å². The van der Waals surface area contributed by atoms with Crippen molar-refractivity contribution in [2.24, 2.45) is 16.5 Å². The van der Waals surface area contributed by atoms with Crippen molar-refractivity contribution in [3.63, 3.8) is 0 Å². The number of fused-ring (bicyclic) bond motifs is 1. The van der Waals surface area contributed by atoms with Gasteiger partial charge in [0.15, 0.2) is 6.23 Å². The average Bonchev–Trinajstić information content (AvgIpc) is 2.91. The first-order chi connectivity index (χ1) is 12.9. The maximum atomic E-state index is 11.5. The second kappa shape index (κ2) is 8.17.